The minimum Gasteiger partial charge on any atom is -0.465 e. The van der Waals surface area contributed by atoms with Crippen LogP contribution >= 0.6 is 0 Å². The zero-order chi connectivity index (χ0) is 15.7. The summed E-state index contributed by atoms with van der Waals surface area (Å²) in [7, 11) is 0. The molecule has 2 aliphatic rings. The quantitative estimate of drug-likeness (QED) is 0.798. The maximum Gasteiger partial charge on any atom is 0.306 e. The molecule has 4 nitrogen and oxygen atoms in total. The number of carbonyl (C=O) groups is 2. The van der Waals surface area contributed by atoms with Crippen LogP contribution in [0.4, 0.5) is 8.78 Å². The fourth-order valence-electron chi connectivity index (χ4n) is 2.97. The van der Waals surface area contributed by atoms with Gasteiger partial charge >= 0.3 is 5.97 Å². The summed E-state index contributed by atoms with van der Waals surface area (Å²) in [5.74, 6) is -1.17. The zero-order valence-electron chi connectivity index (χ0n) is 12.1. The molecular weight excluding hydrogens is 292 g/mol. The molecule has 0 aliphatic carbocycles. The van der Waals surface area contributed by atoms with E-state index in [4.69, 9.17) is 4.74 Å². The highest BCUT2D eigenvalue weighted by molar-refractivity contribution is 5.79. The summed E-state index contributed by atoms with van der Waals surface area (Å²) >= 11 is 0. The third-order valence-corrected chi connectivity index (χ3v) is 4.23. The van der Waals surface area contributed by atoms with E-state index in [2.05, 4.69) is 0 Å². The Morgan fingerprint density at radius 3 is 2.68 bits per heavy atom. The molecule has 2 heterocycles. The van der Waals surface area contributed by atoms with E-state index in [0.29, 0.717) is 44.5 Å². The van der Waals surface area contributed by atoms with Crippen LogP contribution < -0.4 is 0 Å². The molecule has 2 saturated heterocycles. The highest BCUT2D eigenvalue weighted by Gasteiger charge is 2.34. The number of halogens is 2. The SMILES string of the molecule is O=C1CC(CC(=O)N2CC(Cc3ccc(F)cc3F)C2)CO1. The van der Waals surface area contributed by atoms with Gasteiger partial charge in [-0.2, -0.15) is 0 Å². The number of hydrogen-bond donors (Lipinski definition) is 0. The zero-order valence-corrected chi connectivity index (χ0v) is 12.1. The van der Waals surface area contributed by atoms with Crippen molar-refractivity contribution < 1.29 is 23.1 Å². The van der Waals surface area contributed by atoms with Crippen LogP contribution in [0.15, 0.2) is 18.2 Å². The summed E-state index contributed by atoms with van der Waals surface area (Å²) in [5.41, 5.74) is 0.480. The third kappa shape index (κ3) is 3.26. The van der Waals surface area contributed by atoms with Crippen LogP contribution in [-0.4, -0.2) is 36.5 Å². The Labute approximate surface area is 127 Å². The molecule has 0 N–H and O–H groups in total. The first kappa shape index (κ1) is 14.9. The van der Waals surface area contributed by atoms with Crippen molar-refractivity contribution >= 4 is 11.9 Å². The largest absolute Gasteiger partial charge is 0.465 e. The van der Waals surface area contributed by atoms with E-state index in [9.17, 15) is 18.4 Å². The second-order valence-corrected chi connectivity index (χ2v) is 6.06. The lowest BCUT2D eigenvalue weighted by atomic mass is 9.91. The smallest absolute Gasteiger partial charge is 0.306 e. The number of benzene rings is 1. The number of hydrogen-bond acceptors (Lipinski definition) is 3. The van der Waals surface area contributed by atoms with Gasteiger partial charge in [0, 0.05) is 31.5 Å². The summed E-state index contributed by atoms with van der Waals surface area (Å²) in [5, 5.41) is 0. The van der Waals surface area contributed by atoms with Gasteiger partial charge in [-0.3, -0.25) is 9.59 Å². The molecular formula is C16H17F2NO3. The van der Waals surface area contributed by atoms with Crippen molar-refractivity contribution in [2.75, 3.05) is 19.7 Å². The van der Waals surface area contributed by atoms with Gasteiger partial charge in [0.05, 0.1) is 13.0 Å². The van der Waals surface area contributed by atoms with E-state index < -0.39 is 11.6 Å². The van der Waals surface area contributed by atoms with E-state index in [-0.39, 0.29) is 23.7 Å². The van der Waals surface area contributed by atoms with Gasteiger partial charge in [0.25, 0.3) is 0 Å². The number of cyclic esters (lactones) is 1. The first-order chi connectivity index (χ1) is 10.5. The van der Waals surface area contributed by atoms with Crippen molar-refractivity contribution in [3.63, 3.8) is 0 Å². The predicted octanol–water partition coefficient (Wildman–Crippen LogP) is 1.92. The molecule has 0 bridgehead atoms. The number of ether oxygens (including phenoxy) is 1. The Hall–Kier alpha value is -1.98. The molecule has 118 valence electrons. The van der Waals surface area contributed by atoms with Crippen molar-refractivity contribution in [2.45, 2.75) is 19.3 Å². The van der Waals surface area contributed by atoms with Gasteiger partial charge in [-0.25, -0.2) is 8.78 Å². The maximum absolute atomic E-state index is 13.6. The summed E-state index contributed by atoms with van der Waals surface area (Å²) < 4.78 is 31.2. The monoisotopic (exact) mass is 309 g/mol. The van der Waals surface area contributed by atoms with Crippen LogP contribution in [0.25, 0.3) is 0 Å². The van der Waals surface area contributed by atoms with Crippen LogP contribution in [0.3, 0.4) is 0 Å². The van der Waals surface area contributed by atoms with E-state index >= 15 is 0 Å². The molecule has 1 unspecified atom stereocenters. The molecule has 0 radical (unpaired) electrons. The van der Waals surface area contributed by atoms with Crippen LogP contribution in [-0.2, 0) is 20.7 Å². The molecule has 1 aromatic rings. The molecule has 3 rings (SSSR count). The average molecular weight is 309 g/mol. The molecule has 1 amide bonds. The molecule has 0 spiro atoms. The highest BCUT2D eigenvalue weighted by Crippen LogP contribution is 2.25. The van der Waals surface area contributed by atoms with E-state index in [1.807, 2.05) is 0 Å². The van der Waals surface area contributed by atoms with Gasteiger partial charge in [-0.1, -0.05) is 6.07 Å². The molecule has 6 heteroatoms. The number of nitrogens with zero attached hydrogens (tertiary/aromatic N) is 1. The molecule has 22 heavy (non-hydrogen) atoms. The van der Waals surface area contributed by atoms with Crippen molar-refractivity contribution in [1.82, 2.24) is 4.90 Å². The van der Waals surface area contributed by atoms with Gasteiger partial charge in [0.15, 0.2) is 0 Å². The Kier molecular flexibility index (Phi) is 4.09. The fraction of sp³-hybridized carbons (Fsp3) is 0.500. The van der Waals surface area contributed by atoms with Gasteiger partial charge in [-0.15, -0.1) is 0 Å². The first-order valence-corrected chi connectivity index (χ1v) is 7.38. The Morgan fingerprint density at radius 2 is 2.05 bits per heavy atom. The molecule has 0 saturated carbocycles. The number of esters is 1. The van der Waals surface area contributed by atoms with Crippen molar-refractivity contribution in [2.24, 2.45) is 11.8 Å². The van der Waals surface area contributed by atoms with E-state index in [1.54, 1.807) is 4.90 Å². The van der Waals surface area contributed by atoms with Crippen LogP contribution in [0.2, 0.25) is 0 Å². The second-order valence-electron chi connectivity index (χ2n) is 6.06. The molecule has 2 aliphatic heterocycles. The molecule has 0 aromatic heterocycles. The Morgan fingerprint density at radius 1 is 1.27 bits per heavy atom. The summed E-state index contributed by atoms with van der Waals surface area (Å²) in [6.07, 6.45) is 1.13. The summed E-state index contributed by atoms with van der Waals surface area (Å²) in [6.45, 7) is 1.48. The number of carbonyl (C=O) groups excluding carboxylic acids is 2. The van der Waals surface area contributed by atoms with Gasteiger partial charge in [0.2, 0.25) is 5.91 Å². The standard InChI is InChI=1S/C16H17F2NO3/c17-13-2-1-12(14(18)6-13)3-11-7-19(8-11)15(20)4-10-5-16(21)22-9-10/h1-2,6,10-11H,3-5,7-9H2. The van der Waals surface area contributed by atoms with Crippen LogP contribution in [0.5, 0.6) is 0 Å². The highest BCUT2D eigenvalue weighted by atomic mass is 19.1. The second kappa shape index (κ2) is 6.02. The molecule has 2 fully saturated rings. The van der Waals surface area contributed by atoms with Crippen molar-refractivity contribution in [3.05, 3.63) is 35.4 Å². The van der Waals surface area contributed by atoms with Gasteiger partial charge < -0.3 is 9.64 Å². The van der Waals surface area contributed by atoms with E-state index in [1.165, 1.54) is 12.1 Å². The molecule has 1 aromatic carbocycles. The lowest BCUT2D eigenvalue weighted by Gasteiger charge is -2.40. The summed E-state index contributed by atoms with van der Waals surface area (Å²) in [4.78, 5) is 24.7. The first-order valence-electron chi connectivity index (χ1n) is 7.38. The minimum absolute atomic E-state index is 0.0131. The minimum atomic E-state index is -0.583. The maximum atomic E-state index is 13.6. The van der Waals surface area contributed by atoms with Crippen molar-refractivity contribution in [3.8, 4) is 0 Å². The molecule has 1 atom stereocenters. The topological polar surface area (TPSA) is 46.6 Å². The number of likely N-dealkylation sites (tertiary alicyclic amines) is 1. The lowest BCUT2D eigenvalue weighted by molar-refractivity contribution is -0.139. The lowest BCUT2D eigenvalue weighted by Crippen LogP contribution is -2.51. The Balaban J connectivity index is 1.45. The normalized spacial score (nSPS) is 21.6. The van der Waals surface area contributed by atoms with E-state index in [0.717, 1.165) is 6.07 Å². The van der Waals surface area contributed by atoms with Crippen LogP contribution in [0.1, 0.15) is 18.4 Å². The summed E-state index contributed by atoms with van der Waals surface area (Å²) in [6, 6.07) is 3.59. The average Bonchev–Trinajstić information content (AvgIpc) is 2.80. The van der Waals surface area contributed by atoms with Gasteiger partial charge in [-0.05, 0) is 24.0 Å². The third-order valence-electron chi connectivity index (χ3n) is 4.23. The number of amides is 1. The predicted molar refractivity (Wildman–Crippen MR) is 73.8 cm³/mol. The van der Waals surface area contributed by atoms with Crippen molar-refractivity contribution in [1.29, 1.82) is 0 Å². The van der Waals surface area contributed by atoms with Gasteiger partial charge in [0.1, 0.15) is 11.6 Å². The Bertz CT molecular complexity index is 599. The fourth-order valence-corrected chi connectivity index (χ4v) is 2.97. The van der Waals surface area contributed by atoms with Crippen LogP contribution in [0, 0.1) is 23.5 Å². The number of rotatable bonds is 4.